The van der Waals surface area contributed by atoms with E-state index in [1.165, 1.54) is 29.0 Å². The van der Waals surface area contributed by atoms with Gasteiger partial charge in [-0.05, 0) is 42.3 Å². The fourth-order valence-electron chi connectivity index (χ4n) is 3.77. The Morgan fingerprint density at radius 3 is 3.00 bits per heavy atom. The van der Waals surface area contributed by atoms with E-state index < -0.39 is 0 Å². The molecule has 5 rings (SSSR count). The number of nitrogens with zero attached hydrogens (tertiary/aromatic N) is 3. The third kappa shape index (κ3) is 3.64. The fourth-order valence-corrected chi connectivity index (χ4v) is 4.56. The molecule has 0 saturated heterocycles. The molecule has 7 heteroatoms. The van der Waals surface area contributed by atoms with Gasteiger partial charge in [-0.15, -0.1) is 11.3 Å². The van der Waals surface area contributed by atoms with Gasteiger partial charge in [0.2, 0.25) is 5.91 Å². The van der Waals surface area contributed by atoms with Crippen LogP contribution in [-0.2, 0) is 11.2 Å². The van der Waals surface area contributed by atoms with Crippen molar-refractivity contribution in [1.29, 1.82) is 0 Å². The average molecular weight is 418 g/mol. The van der Waals surface area contributed by atoms with Gasteiger partial charge in [-0.3, -0.25) is 9.78 Å². The lowest BCUT2D eigenvalue weighted by Crippen LogP contribution is -2.35. The highest BCUT2D eigenvalue weighted by atomic mass is 32.1. The molecule has 5 nitrogen and oxygen atoms in total. The summed E-state index contributed by atoms with van der Waals surface area (Å²) in [6.07, 6.45) is 6.81. The van der Waals surface area contributed by atoms with Crippen LogP contribution in [0.5, 0.6) is 0 Å². The first kappa shape index (κ1) is 18.7. The summed E-state index contributed by atoms with van der Waals surface area (Å²) in [6.45, 7) is 1.23. The summed E-state index contributed by atoms with van der Waals surface area (Å²) in [5.41, 5.74) is 4.65. The molecule has 4 aromatic rings. The zero-order valence-electron chi connectivity index (χ0n) is 16.1. The number of rotatable bonds is 4. The van der Waals surface area contributed by atoms with Gasteiger partial charge in [-0.1, -0.05) is 12.1 Å². The van der Waals surface area contributed by atoms with Gasteiger partial charge in [0.05, 0.1) is 17.8 Å². The smallest absolute Gasteiger partial charge is 0.228 e. The van der Waals surface area contributed by atoms with Crippen molar-refractivity contribution in [3.05, 3.63) is 77.3 Å². The van der Waals surface area contributed by atoms with E-state index in [2.05, 4.69) is 21.0 Å². The molecule has 1 amide bonds. The lowest BCUT2D eigenvalue weighted by atomic mass is 9.98. The minimum absolute atomic E-state index is 0.0733. The highest BCUT2D eigenvalue weighted by molar-refractivity contribution is 7.13. The molecule has 0 atom stereocenters. The van der Waals surface area contributed by atoms with E-state index >= 15 is 0 Å². The lowest BCUT2D eigenvalue weighted by molar-refractivity contribution is -0.130. The maximum atomic E-state index is 13.4. The van der Waals surface area contributed by atoms with Crippen LogP contribution in [0.15, 0.2) is 60.2 Å². The van der Waals surface area contributed by atoms with Crippen molar-refractivity contribution in [2.45, 2.75) is 12.8 Å². The number of aromatic nitrogens is 3. The Labute approximate surface area is 176 Å². The van der Waals surface area contributed by atoms with E-state index in [0.717, 1.165) is 39.3 Å². The predicted octanol–water partition coefficient (Wildman–Crippen LogP) is 4.68. The highest BCUT2D eigenvalue weighted by Crippen LogP contribution is 2.30. The van der Waals surface area contributed by atoms with E-state index in [1.54, 1.807) is 12.3 Å². The molecular weight excluding hydrogens is 399 g/mol. The van der Waals surface area contributed by atoms with E-state index in [0.29, 0.717) is 19.5 Å². The Balaban J connectivity index is 1.26. The number of pyridine rings is 1. The normalized spacial score (nSPS) is 14.2. The Hall–Kier alpha value is -3.32. The van der Waals surface area contributed by atoms with Crippen molar-refractivity contribution in [3.63, 3.8) is 0 Å². The zero-order chi connectivity index (χ0) is 20.5. The number of aromatic amines is 1. The van der Waals surface area contributed by atoms with Crippen LogP contribution >= 0.6 is 11.3 Å². The lowest BCUT2D eigenvalue weighted by Gasteiger charge is -2.26. The Bertz CT molecular complexity index is 1240. The minimum atomic E-state index is -0.251. The number of H-pyrrole nitrogens is 1. The molecule has 0 spiro atoms. The van der Waals surface area contributed by atoms with Crippen molar-refractivity contribution in [2.24, 2.45) is 0 Å². The molecule has 30 heavy (non-hydrogen) atoms. The summed E-state index contributed by atoms with van der Waals surface area (Å²) in [5.74, 6) is -0.178. The van der Waals surface area contributed by atoms with Crippen LogP contribution in [0, 0.1) is 5.82 Å². The van der Waals surface area contributed by atoms with Crippen molar-refractivity contribution in [2.75, 3.05) is 13.1 Å². The zero-order valence-corrected chi connectivity index (χ0v) is 17.0. The van der Waals surface area contributed by atoms with Gasteiger partial charge in [-0.25, -0.2) is 9.37 Å². The van der Waals surface area contributed by atoms with Gasteiger partial charge < -0.3 is 9.88 Å². The second kappa shape index (κ2) is 7.84. The molecule has 1 aromatic carbocycles. The Morgan fingerprint density at radius 1 is 1.27 bits per heavy atom. The van der Waals surface area contributed by atoms with Crippen molar-refractivity contribution < 1.29 is 9.18 Å². The monoisotopic (exact) mass is 418 g/mol. The topological polar surface area (TPSA) is 61.9 Å². The molecule has 0 aliphatic carbocycles. The van der Waals surface area contributed by atoms with E-state index in [9.17, 15) is 9.18 Å². The molecule has 1 aliphatic heterocycles. The number of hydrogen-bond acceptors (Lipinski definition) is 4. The van der Waals surface area contributed by atoms with Crippen molar-refractivity contribution in [3.8, 4) is 10.7 Å². The molecule has 0 saturated carbocycles. The first-order valence-corrected chi connectivity index (χ1v) is 10.6. The first-order chi connectivity index (χ1) is 14.7. The van der Waals surface area contributed by atoms with Crippen LogP contribution < -0.4 is 0 Å². The standard InChI is InChI=1S/C23H19FN4OS/c24-16-4-5-18-19(13-26-21(18)11-16)15-6-9-28(10-7-15)22(29)12-17-14-30-23(27-17)20-3-1-2-8-25-20/h1-6,8,11,13-14,26H,7,9-10,12H2. The average Bonchev–Trinajstić information content (AvgIpc) is 3.41. The molecule has 3 aromatic heterocycles. The maximum Gasteiger partial charge on any atom is 0.228 e. The molecule has 4 heterocycles. The molecule has 0 unspecified atom stereocenters. The summed E-state index contributed by atoms with van der Waals surface area (Å²) in [6, 6.07) is 10.5. The van der Waals surface area contributed by atoms with Crippen LogP contribution in [0.25, 0.3) is 27.2 Å². The van der Waals surface area contributed by atoms with E-state index in [1.807, 2.05) is 34.7 Å². The molecule has 1 N–H and O–H groups in total. The minimum Gasteiger partial charge on any atom is -0.360 e. The van der Waals surface area contributed by atoms with Crippen molar-refractivity contribution in [1.82, 2.24) is 19.9 Å². The number of carbonyl (C=O) groups is 1. The van der Waals surface area contributed by atoms with Crippen LogP contribution in [0.3, 0.4) is 0 Å². The number of fused-ring (bicyclic) bond motifs is 1. The molecule has 0 fully saturated rings. The number of carbonyl (C=O) groups excluding carboxylic acids is 1. The number of nitrogens with one attached hydrogen (secondary N) is 1. The van der Waals surface area contributed by atoms with E-state index in [4.69, 9.17) is 0 Å². The number of benzene rings is 1. The molecule has 150 valence electrons. The van der Waals surface area contributed by atoms with Gasteiger partial charge in [0, 0.05) is 47.3 Å². The van der Waals surface area contributed by atoms with Crippen molar-refractivity contribution >= 4 is 33.7 Å². The molecular formula is C23H19FN4OS. The summed E-state index contributed by atoms with van der Waals surface area (Å²) < 4.78 is 13.4. The number of hydrogen-bond donors (Lipinski definition) is 1. The fraction of sp³-hybridized carbons (Fsp3) is 0.174. The summed E-state index contributed by atoms with van der Waals surface area (Å²) in [7, 11) is 0. The third-order valence-corrected chi connectivity index (χ3v) is 6.23. The summed E-state index contributed by atoms with van der Waals surface area (Å²) >= 11 is 1.51. The van der Waals surface area contributed by atoms with Gasteiger partial charge in [0.1, 0.15) is 10.8 Å². The second-order valence-corrected chi connectivity index (χ2v) is 8.11. The third-order valence-electron chi connectivity index (χ3n) is 5.32. The van der Waals surface area contributed by atoms with Crippen LogP contribution in [0.2, 0.25) is 0 Å². The second-order valence-electron chi connectivity index (χ2n) is 7.25. The van der Waals surface area contributed by atoms with Crippen LogP contribution in [0.1, 0.15) is 17.7 Å². The summed E-state index contributed by atoms with van der Waals surface area (Å²) in [5, 5.41) is 3.76. The number of halogens is 1. The number of thiazole rings is 1. The Morgan fingerprint density at radius 2 is 2.20 bits per heavy atom. The van der Waals surface area contributed by atoms with Crippen LogP contribution in [0.4, 0.5) is 4.39 Å². The SMILES string of the molecule is O=C(Cc1csc(-c2ccccn2)n1)N1CC=C(c2c[nH]c3cc(F)ccc23)CC1. The first-order valence-electron chi connectivity index (χ1n) is 9.77. The Kier molecular flexibility index (Phi) is 4.88. The van der Waals surface area contributed by atoms with Crippen LogP contribution in [-0.4, -0.2) is 38.8 Å². The number of amides is 1. The van der Waals surface area contributed by atoms with Gasteiger partial charge in [0.15, 0.2) is 0 Å². The van der Waals surface area contributed by atoms with Gasteiger partial charge in [0.25, 0.3) is 0 Å². The largest absolute Gasteiger partial charge is 0.360 e. The predicted molar refractivity (Wildman–Crippen MR) is 116 cm³/mol. The summed E-state index contributed by atoms with van der Waals surface area (Å²) in [4.78, 5) is 26.6. The van der Waals surface area contributed by atoms with Gasteiger partial charge >= 0.3 is 0 Å². The maximum absolute atomic E-state index is 13.4. The van der Waals surface area contributed by atoms with Gasteiger partial charge in [-0.2, -0.15) is 0 Å². The van der Waals surface area contributed by atoms with E-state index in [-0.39, 0.29) is 11.7 Å². The molecule has 1 aliphatic rings. The molecule has 0 radical (unpaired) electrons. The molecule has 0 bridgehead atoms. The quantitative estimate of drug-likeness (QED) is 0.523. The highest BCUT2D eigenvalue weighted by Gasteiger charge is 2.20.